The zero-order chi connectivity index (χ0) is 93.1. The van der Waals surface area contributed by atoms with Gasteiger partial charge in [0, 0.05) is 98.4 Å². The maximum absolute atomic E-state index is 13.0. The van der Waals surface area contributed by atoms with Crippen LogP contribution in [-0.2, 0) is 114 Å². The Bertz CT molecular complexity index is 2510. The molecule has 126 heavy (non-hydrogen) atoms. The van der Waals surface area contributed by atoms with Gasteiger partial charge < -0.3 is 71.5 Å². The number of hydrogen-bond donors (Lipinski definition) is 0. The second-order valence-corrected chi connectivity index (χ2v) is 39.2. The molecular weight excluding hydrogens is 1740 g/mol. The number of thioether (sulfide) groups is 6. The van der Waals surface area contributed by atoms with E-state index in [0.29, 0.717) is 78.7 Å². The molecule has 0 aromatic heterocycles. The molecule has 0 fully saturated rings. The number of esters is 12. The van der Waals surface area contributed by atoms with Crippen LogP contribution in [0.25, 0.3) is 0 Å². The van der Waals surface area contributed by atoms with Gasteiger partial charge in [-0.15, -0.1) is 0 Å². The van der Waals surface area contributed by atoms with Gasteiger partial charge in [0.2, 0.25) is 0 Å². The zero-order valence-electron chi connectivity index (χ0n) is 79.3. The largest absolute Gasteiger partial charge is 0.462 e. The maximum Gasteiger partial charge on any atom is 0.309 e. The standard InChI is InChI=1S/C93H167N3O24S6/c1-12-17-21-25-29-33-64-121-70-76(6)88(103)115-58-54-111-84(99)39-46-95(47-40-85(100)112-55-59-116-89(104)77(7)71-122-65-34-30-26-22-18-13-2)50-68-125-74-80(10)92(107)119-62-52-109-82(97)37-44-94(43-16-5)45-38-83(98)110-53-63-120-93(108)81(11)75-126-69-51-96(48-41-86(101)113-56-60-117-90(105)78(8)72-123-66-35-31-27-23-19-14-3)49-42-87(102)114-57-61-118-91(106)79(9)73-124-67-36-32-28-24-20-15-4/h76-81H,12-75H2,1-11H3. The predicted molar refractivity (Wildman–Crippen MR) is 511 cm³/mol. The van der Waals surface area contributed by atoms with E-state index in [2.05, 4.69) is 27.7 Å². The smallest absolute Gasteiger partial charge is 0.309 e. The van der Waals surface area contributed by atoms with Gasteiger partial charge in [-0.05, 0) is 61.7 Å². The number of hydrogen-bond acceptors (Lipinski definition) is 33. The molecule has 6 atom stereocenters. The van der Waals surface area contributed by atoms with Crippen molar-refractivity contribution in [1.82, 2.24) is 14.7 Å². The molecule has 0 bridgehead atoms. The molecule has 0 rings (SSSR count). The van der Waals surface area contributed by atoms with Crippen molar-refractivity contribution in [2.45, 2.75) is 275 Å². The highest BCUT2D eigenvalue weighted by Gasteiger charge is 2.24. The summed E-state index contributed by atoms with van der Waals surface area (Å²) in [7, 11) is 0. The van der Waals surface area contributed by atoms with E-state index in [9.17, 15) is 57.5 Å². The molecule has 0 saturated carbocycles. The van der Waals surface area contributed by atoms with E-state index in [1.807, 2.05) is 49.3 Å². The predicted octanol–water partition coefficient (Wildman–Crippen LogP) is 16.8. The number of nitrogens with zero attached hydrogens (tertiary/aromatic N) is 3. The van der Waals surface area contributed by atoms with Crippen molar-refractivity contribution in [3.05, 3.63) is 0 Å². The minimum absolute atomic E-state index is 0.0101. The minimum atomic E-state index is -0.507. The quantitative estimate of drug-likeness (QED) is 0.0310. The van der Waals surface area contributed by atoms with Crippen LogP contribution in [0.5, 0.6) is 0 Å². The third-order valence-corrected chi connectivity index (χ3v) is 27.8. The summed E-state index contributed by atoms with van der Waals surface area (Å²) in [5, 5.41) is 0. The Labute approximate surface area is 784 Å². The van der Waals surface area contributed by atoms with Crippen molar-refractivity contribution in [3.63, 3.8) is 0 Å². The fourth-order valence-corrected chi connectivity index (χ4v) is 18.5. The third kappa shape index (κ3) is 76.2. The highest BCUT2D eigenvalue weighted by molar-refractivity contribution is 8.00. The summed E-state index contributed by atoms with van der Waals surface area (Å²) >= 11 is 9.97. The fourth-order valence-electron chi connectivity index (χ4n) is 12.2. The first-order valence-corrected chi connectivity index (χ1v) is 54.4. The van der Waals surface area contributed by atoms with Gasteiger partial charge in [0.1, 0.15) is 79.3 Å². The molecule has 0 aliphatic heterocycles. The number of unbranched alkanes of at least 4 members (excludes halogenated alkanes) is 20. The highest BCUT2D eigenvalue weighted by atomic mass is 32.2. The Morgan fingerprint density at radius 2 is 0.349 bits per heavy atom. The van der Waals surface area contributed by atoms with Crippen LogP contribution in [0.3, 0.4) is 0 Å². The first-order valence-electron chi connectivity index (χ1n) is 47.5. The summed E-state index contributed by atoms with van der Waals surface area (Å²) in [6, 6.07) is 0. The van der Waals surface area contributed by atoms with E-state index in [0.717, 1.165) is 55.1 Å². The summed E-state index contributed by atoms with van der Waals surface area (Å²) in [5.74, 6) is 1.17. The lowest BCUT2D eigenvalue weighted by Crippen LogP contribution is -2.32. The van der Waals surface area contributed by atoms with Crippen molar-refractivity contribution in [3.8, 4) is 0 Å². The van der Waals surface area contributed by atoms with Crippen LogP contribution < -0.4 is 0 Å². The summed E-state index contributed by atoms with van der Waals surface area (Å²) in [5.41, 5.74) is 0. The SMILES string of the molecule is CCCCCCCCSCC(C)C(=O)OCCOC(=O)CCN(CCSCC(C)C(=O)OCCOC(=O)CCN(CCC)CCC(=O)OCCOC(=O)C(C)CSCCN(CCC(=O)OCCOC(=O)C(C)CSCCCCCCCC)CCC(=O)OCCOC(=O)C(C)CSCCCCCCCC)CCC(=O)OCCOC(=O)C(C)CSCCCCCCCC. The third-order valence-electron chi connectivity index (χ3n) is 20.2. The van der Waals surface area contributed by atoms with E-state index in [-0.39, 0.29) is 192 Å². The maximum atomic E-state index is 13.0. The first kappa shape index (κ1) is 122. The second-order valence-electron chi connectivity index (χ2n) is 32.3. The Morgan fingerprint density at radius 1 is 0.190 bits per heavy atom. The topological polar surface area (TPSA) is 325 Å². The molecule has 0 amide bonds. The number of rotatable bonds is 90. The molecule has 0 aliphatic rings. The Balaban J connectivity index is 5.11. The number of carbonyl (C=O) groups excluding carboxylic acids is 12. The van der Waals surface area contributed by atoms with Crippen molar-refractivity contribution >= 4 is 142 Å². The molecule has 0 radical (unpaired) electrons. The van der Waals surface area contributed by atoms with Gasteiger partial charge in [-0.25, -0.2) is 0 Å². The summed E-state index contributed by atoms with van der Waals surface area (Å²) in [6.45, 7) is 23.6. The molecule has 0 N–H and O–H groups in total. The van der Waals surface area contributed by atoms with Crippen molar-refractivity contribution in [1.29, 1.82) is 0 Å². The average Bonchev–Trinajstić information content (AvgIpc) is 0.980. The minimum Gasteiger partial charge on any atom is -0.462 e. The Hall–Kier alpha value is -4.38. The molecule has 0 aromatic carbocycles. The lowest BCUT2D eigenvalue weighted by Gasteiger charge is -2.22. The van der Waals surface area contributed by atoms with Gasteiger partial charge in [0.25, 0.3) is 0 Å². The Kier molecular flexibility index (Phi) is 84.2. The van der Waals surface area contributed by atoms with Crippen LogP contribution in [0.1, 0.15) is 275 Å². The van der Waals surface area contributed by atoms with Gasteiger partial charge >= 0.3 is 71.6 Å². The van der Waals surface area contributed by atoms with E-state index in [4.69, 9.17) is 56.8 Å². The molecule has 0 saturated heterocycles. The molecule has 0 aliphatic carbocycles. The van der Waals surface area contributed by atoms with Gasteiger partial charge in [-0.1, -0.05) is 205 Å². The van der Waals surface area contributed by atoms with E-state index >= 15 is 0 Å². The van der Waals surface area contributed by atoms with Gasteiger partial charge in [-0.2, -0.15) is 70.6 Å². The van der Waals surface area contributed by atoms with Gasteiger partial charge in [0.15, 0.2) is 0 Å². The number of carbonyl (C=O) groups is 12. The molecule has 0 aromatic rings. The van der Waals surface area contributed by atoms with E-state index < -0.39 is 59.6 Å². The van der Waals surface area contributed by atoms with Gasteiger partial charge in [0.05, 0.1) is 74.0 Å². The highest BCUT2D eigenvalue weighted by Crippen LogP contribution is 2.21. The van der Waals surface area contributed by atoms with E-state index in [1.165, 1.54) is 152 Å². The normalized spacial score (nSPS) is 12.8. The number of ether oxygens (including phenoxy) is 12. The van der Waals surface area contributed by atoms with E-state index in [1.54, 1.807) is 60.9 Å². The van der Waals surface area contributed by atoms with Crippen molar-refractivity contribution < 1.29 is 114 Å². The molecular formula is C93H167N3O24S6. The van der Waals surface area contributed by atoms with Crippen LogP contribution in [-0.4, -0.2) is 294 Å². The van der Waals surface area contributed by atoms with Crippen molar-refractivity contribution in [2.75, 3.05) is 207 Å². The van der Waals surface area contributed by atoms with Crippen LogP contribution in [0.15, 0.2) is 0 Å². The fraction of sp³-hybridized carbons (Fsp3) is 0.871. The zero-order valence-corrected chi connectivity index (χ0v) is 84.2. The monoisotopic (exact) mass is 1900 g/mol. The molecule has 734 valence electrons. The molecule has 0 spiro atoms. The molecule has 27 nitrogen and oxygen atoms in total. The lowest BCUT2D eigenvalue weighted by molar-refractivity contribution is -0.154. The average molecular weight is 1900 g/mol. The van der Waals surface area contributed by atoms with Crippen LogP contribution >= 0.6 is 70.6 Å². The first-order chi connectivity index (χ1) is 60.9. The Morgan fingerprint density at radius 3 is 0.532 bits per heavy atom. The second kappa shape index (κ2) is 87.3. The lowest BCUT2D eigenvalue weighted by atomic mass is 10.1. The van der Waals surface area contributed by atoms with Crippen LogP contribution in [0.4, 0.5) is 0 Å². The summed E-state index contributed by atoms with van der Waals surface area (Å²) in [4.78, 5) is 159. The summed E-state index contributed by atoms with van der Waals surface area (Å²) < 4.78 is 64.8. The van der Waals surface area contributed by atoms with Crippen LogP contribution in [0.2, 0.25) is 0 Å². The van der Waals surface area contributed by atoms with Gasteiger partial charge in [-0.3, -0.25) is 57.5 Å². The van der Waals surface area contributed by atoms with Crippen LogP contribution in [0, 0.1) is 35.5 Å². The van der Waals surface area contributed by atoms with Crippen molar-refractivity contribution in [2.24, 2.45) is 35.5 Å². The summed E-state index contributed by atoms with van der Waals surface area (Å²) in [6.07, 6.45) is 30.0. The molecule has 6 unspecified atom stereocenters. The molecule has 0 heterocycles. The molecule has 33 heteroatoms.